The van der Waals surface area contributed by atoms with Crippen molar-refractivity contribution in [2.75, 3.05) is 0 Å². The number of benzene rings is 1. The third kappa shape index (κ3) is 3.20. The van der Waals surface area contributed by atoms with Crippen molar-refractivity contribution >= 4 is 41.2 Å². The molecular formula is C12H9Cl2NO5. The molecule has 1 saturated heterocycles. The molecule has 0 spiro atoms. The lowest BCUT2D eigenvalue weighted by molar-refractivity contribution is -0.177. The van der Waals surface area contributed by atoms with Crippen LogP contribution < -0.4 is 0 Å². The van der Waals surface area contributed by atoms with Gasteiger partial charge in [0.25, 0.3) is 11.8 Å². The lowest BCUT2D eigenvalue weighted by atomic mass is 10.2. The van der Waals surface area contributed by atoms with Crippen molar-refractivity contribution in [3.05, 3.63) is 33.8 Å². The van der Waals surface area contributed by atoms with Crippen molar-refractivity contribution in [3.8, 4) is 0 Å². The predicted molar refractivity (Wildman–Crippen MR) is 68.8 cm³/mol. The Hall–Kier alpha value is -1.79. The first-order valence-corrected chi connectivity index (χ1v) is 6.38. The first kappa shape index (κ1) is 14.6. The Kier molecular flexibility index (Phi) is 4.46. The van der Waals surface area contributed by atoms with E-state index in [1.807, 2.05) is 0 Å². The Balaban J connectivity index is 1.93. The molecule has 2 rings (SSSR count). The van der Waals surface area contributed by atoms with E-state index in [0.29, 0.717) is 20.7 Å². The van der Waals surface area contributed by atoms with Gasteiger partial charge in [-0.25, -0.2) is 4.79 Å². The normalized spacial score (nSPS) is 14.6. The van der Waals surface area contributed by atoms with Gasteiger partial charge in [0.1, 0.15) is 6.61 Å². The number of hydroxylamine groups is 2. The second-order valence-electron chi connectivity index (χ2n) is 3.91. The maximum Gasteiger partial charge on any atom is 0.534 e. The molecule has 2 amide bonds. The van der Waals surface area contributed by atoms with Crippen LogP contribution in [0.15, 0.2) is 18.2 Å². The van der Waals surface area contributed by atoms with E-state index in [-0.39, 0.29) is 19.4 Å². The molecule has 0 saturated carbocycles. The number of carbonyl (C=O) groups is 3. The van der Waals surface area contributed by atoms with Crippen LogP contribution in [0.1, 0.15) is 18.4 Å². The van der Waals surface area contributed by atoms with Crippen LogP contribution in [0.2, 0.25) is 10.0 Å². The number of carbonyl (C=O) groups excluding carboxylic acids is 3. The summed E-state index contributed by atoms with van der Waals surface area (Å²) < 4.78 is 4.77. The molecule has 1 aliphatic rings. The fraction of sp³-hybridized carbons (Fsp3) is 0.250. The average Bonchev–Trinajstić information content (AvgIpc) is 2.70. The second kappa shape index (κ2) is 6.11. The Labute approximate surface area is 124 Å². The van der Waals surface area contributed by atoms with E-state index in [0.717, 1.165) is 0 Å². The quantitative estimate of drug-likeness (QED) is 0.633. The lowest BCUT2D eigenvalue weighted by Crippen LogP contribution is -2.32. The van der Waals surface area contributed by atoms with Gasteiger partial charge in [0.15, 0.2) is 0 Å². The Morgan fingerprint density at radius 2 is 1.70 bits per heavy atom. The number of amides is 2. The molecule has 8 heteroatoms. The van der Waals surface area contributed by atoms with Gasteiger partial charge in [-0.1, -0.05) is 34.3 Å². The third-order valence-electron chi connectivity index (χ3n) is 2.57. The van der Waals surface area contributed by atoms with Crippen LogP contribution in [0, 0.1) is 0 Å². The summed E-state index contributed by atoms with van der Waals surface area (Å²) in [5.41, 5.74) is 0.409. The van der Waals surface area contributed by atoms with Crippen LogP contribution in [-0.4, -0.2) is 23.0 Å². The molecule has 0 radical (unpaired) electrons. The summed E-state index contributed by atoms with van der Waals surface area (Å²) in [6.45, 7) is -0.229. The van der Waals surface area contributed by atoms with Crippen LogP contribution in [0.3, 0.4) is 0 Å². The van der Waals surface area contributed by atoms with E-state index in [9.17, 15) is 14.4 Å². The number of halogens is 2. The Morgan fingerprint density at radius 3 is 2.25 bits per heavy atom. The van der Waals surface area contributed by atoms with Crippen molar-refractivity contribution in [3.63, 3.8) is 0 Å². The van der Waals surface area contributed by atoms with E-state index < -0.39 is 18.0 Å². The summed E-state index contributed by atoms with van der Waals surface area (Å²) in [6.07, 6.45) is -1.14. The summed E-state index contributed by atoms with van der Waals surface area (Å²) in [6, 6.07) is 4.82. The molecule has 1 aromatic carbocycles. The van der Waals surface area contributed by atoms with Crippen molar-refractivity contribution in [1.82, 2.24) is 5.06 Å². The van der Waals surface area contributed by atoms with Crippen LogP contribution in [0.25, 0.3) is 0 Å². The van der Waals surface area contributed by atoms with Crippen LogP contribution in [-0.2, 0) is 25.8 Å². The summed E-state index contributed by atoms with van der Waals surface area (Å²) in [5.74, 6) is -1.16. The third-order valence-corrected chi connectivity index (χ3v) is 3.28. The maximum atomic E-state index is 11.4. The highest BCUT2D eigenvalue weighted by molar-refractivity contribution is 6.35. The van der Waals surface area contributed by atoms with Gasteiger partial charge < -0.3 is 4.74 Å². The molecule has 1 heterocycles. The molecule has 0 aliphatic carbocycles. The van der Waals surface area contributed by atoms with Gasteiger partial charge in [0.05, 0.1) is 0 Å². The minimum Gasteiger partial charge on any atom is -0.428 e. The van der Waals surface area contributed by atoms with Crippen LogP contribution >= 0.6 is 23.2 Å². The minimum atomic E-state index is -1.18. The van der Waals surface area contributed by atoms with Crippen molar-refractivity contribution in [2.24, 2.45) is 0 Å². The van der Waals surface area contributed by atoms with Gasteiger partial charge in [-0.15, -0.1) is 0 Å². The predicted octanol–water partition coefficient (Wildman–Crippen LogP) is 2.71. The number of imide groups is 1. The van der Waals surface area contributed by atoms with Gasteiger partial charge in [-0.2, -0.15) is 0 Å². The fourth-order valence-electron chi connectivity index (χ4n) is 1.56. The van der Waals surface area contributed by atoms with Gasteiger partial charge in [0.2, 0.25) is 0 Å². The highest BCUT2D eigenvalue weighted by Gasteiger charge is 2.33. The highest BCUT2D eigenvalue weighted by Crippen LogP contribution is 2.25. The number of nitrogens with zero attached hydrogens (tertiary/aromatic N) is 1. The molecule has 1 aliphatic heterocycles. The van der Waals surface area contributed by atoms with Gasteiger partial charge >= 0.3 is 6.16 Å². The molecule has 0 bridgehead atoms. The number of ether oxygens (including phenoxy) is 1. The van der Waals surface area contributed by atoms with E-state index in [1.165, 1.54) is 0 Å². The fourth-order valence-corrected chi connectivity index (χ4v) is 2.07. The smallest absolute Gasteiger partial charge is 0.428 e. The molecular weight excluding hydrogens is 309 g/mol. The standard InChI is InChI=1S/C12H9Cl2NO5/c13-8-2-1-3-9(14)7(8)6-19-12(18)20-15-10(16)4-5-11(15)17/h1-3H,4-6H2. The SMILES string of the molecule is O=C(OCc1c(Cl)cccc1Cl)ON1C(=O)CCC1=O. The molecule has 0 aromatic heterocycles. The molecule has 20 heavy (non-hydrogen) atoms. The van der Waals surface area contributed by atoms with Crippen molar-refractivity contribution in [1.29, 1.82) is 0 Å². The van der Waals surface area contributed by atoms with Gasteiger partial charge in [0, 0.05) is 28.5 Å². The molecule has 0 unspecified atom stereocenters. The number of rotatable bonds is 3. The summed E-state index contributed by atoms with van der Waals surface area (Å²) in [5, 5.41) is 1.06. The van der Waals surface area contributed by atoms with Crippen molar-refractivity contribution < 1.29 is 24.0 Å². The monoisotopic (exact) mass is 317 g/mol. The molecule has 6 nitrogen and oxygen atoms in total. The van der Waals surface area contributed by atoms with Crippen molar-refractivity contribution in [2.45, 2.75) is 19.4 Å². The molecule has 0 N–H and O–H groups in total. The van der Waals surface area contributed by atoms with E-state index >= 15 is 0 Å². The molecule has 106 valence electrons. The van der Waals surface area contributed by atoms with E-state index in [1.54, 1.807) is 18.2 Å². The second-order valence-corrected chi connectivity index (χ2v) is 4.73. The largest absolute Gasteiger partial charge is 0.534 e. The maximum absolute atomic E-state index is 11.4. The van der Waals surface area contributed by atoms with E-state index in [4.69, 9.17) is 27.9 Å². The minimum absolute atomic E-state index is 0.0163. The molecule has 1 aromatic rings. The topological polar surface area (TPSA) is 72.9 Å². The first-order valence-electron chi connectivity index (χ1n) is 5.62. The number of hydrogen-bond donors (Lipinski definition) is 0. The molecule has 1 fully saturated rings. The molecule has 0 atom stereocenters. The average molecular weight is 318 g/mol. The van der Waals surface area contributed by atoms with Gasteiger partial charge in [-0.05, 0) is 12.1 Å². The Bertz CT molecular complexity index is 539. The van der Waals surface area contributed by atoms with Crippen LogP contribution in [0.4, 0.5) is 4.79 Å². The lowest BCUT2D eigenvalue weighted by Gasteiger charge is -2.13. The zero-order chi connectivity index (χ0) is 14.7. The van der Waals surface area contributed by atoms with Gasteiger partial charge in [-0.3, -0.25) is 14.4 Å². The summed E-state index contributed by atoms with van der Waals surface area (Å²) >= 11 is 11.8. The zero-order valence-electron chi connectivity index (χ0n) is 10.1. The van der Waals surface area contributed by atoms with Crippen LogP contribution in [0.5, 0.6) is 0 Å². The highest BCUT2D eigenvalue weighted by atomic mass is 35.5. The summed E-state index contributed by atoms with van der Waals surface area (Å²) in [7, 11) is 0. The Morgan fingerprint density at radius 1 is 1.15 bits per heavy atom. The number of hydrogen-bond acceptors (Lipinski definition) is 5. The summed E-state index contributed by atoms with van der Waals surface area (Å²) in [4.78, 5) is 38.4. The van der Waals surface area contributed by atoms with E-state index in [2.05, 4.69) is 4.84 Å². The first-order chi connectivity index (χ1) is 9.49. The zero-order valence-corrected chi connectivity index (χ0v) is 11.6.